The molecule has 0 spiro atoms. The van der Waals surface area contributed by atoms with E-state index in [1.165, 1.54) is 33.4 Å². The van der Waals surface area contributed by atoms with Gasteiger partial charge in [0, 0.05) is 117 Å². The molecule has 2 aliphatic rings. The van der Waals surface area contributed by atoms with Gasteiger partial charge in [0.25, 0.3) is 17.7 Å². The van der Waals surface area contributed by atoms with E-state index in [1.807, 2.05) is 139 Å². The minimum absolute atomic E-state index is 0.0522. The molecule has 21 heteroatoms. The average molecular weight is 2050 g/mol. The summed E-state index contributed by atoms with van der Waals surface area (Å²) in [7, 11) is 27.8. The van der Waals surface area contributed by atoms with Crippen LogP contribution in [0.1, 0.15) is 316 Å². The maximum absolute atomic E-state index is 12.7. The molecule has 0 aromatic heterocycles. The second-order valence-electron chi connectivity index (χ2n) is 45.7. The van der Waals surface area contributed by atoms with Crippen molar-refractivity contribution in [2.75, 3.05) is 145 Å². The number of likely N-dealkylation sites (tertiary alicyclic amines) is 1. The lowest BCUT2D eigenvalue weighted by Crippen LogP contribution is -2.40. The first-order valence-corrected chi connectivity index (χ1v) is 55.3. The van der Waals surface area contributed by atoms with Gasteiger partial charge in [-0.15, -0.1) is 0 Å². The van der Waals surface area contributed by atoms with Gasteiger partial charge in [-0.25, -0.2) is 13.2 Å². The highest BCUT2D eigenvalue weighted by Crippen LogP contribution is 2.41. The van der Waals surface area contributed by atoms with Gasteiger partial charge in [0.05, 0.1) is 28.6 Å². The van der Waals surface area contributed by atoms with E-state index in [9.17, 15) is 37.2 Å². The molecular formula is C127H190N10O10S. The molecule has 2 saturated heterocycles. The molecule has 3 amide bonds. The molecule has 0 bridgehead atoms. The van der Waals surface area contributed by atoms with Crippen LogP contribution < -0.4 is 0 Å². The predicted octanol–water partition coefficient (Wildman–Crippen LogP) is 26.4. The molecule has 1 N–H and O–H groups in total. The third kappa shape index (κ3) is 39.2. The van der Waals surface area contributed by atoms with Crippen LogP contribution in [0.3, 0.4) is 0 Å². The van der Waals surface area contributed by atoms with Crippen molar-refractivity contribution in [2.45, 2.75) is 237 Å². The van der Waals surface area contributed by atoms with Crippen LogP contribution in [0.15, 0.2) is 240 Å². The van der Waals surface area contributed by atoms with Crippen LogP contribution >= 0.6 is 0 Å². The smallest absolute Gasteiger partial charge is 0.335 e. The zero-order valence-electron chi connectivity index (χ0n) is 97.6. The van der Waals surface area contributed by atoms with E-state index in [-0.39, 0.29) is 40.7 Å². The lowest BCUT2D eigenvalue weighted by Gasteiger charge is -2.38. The fourth-order valence-corrected chi connectivity index (χ4v) is 21.4. The first-order valence-electron chi connectivity index (χ1n) is 53.8. The Balaban J connectivity index is 0.000000304. The number of amides is 3. The van der Waals surface area contributed by atoms with E-state index in [0.717, 1.165) is 64.9 Å². The predicted molar refractivity (Wildman–Crippen MR) is 616 cm³/mol. The van der Waals surface area contributed by atoms with Crippen molar-refractivity contribution < 1.29 is 47.0 Å². The van der Waals surface area contributed by atoms with Gasteiger partial charge in [-0.05, 0) is 312 Å². The zero-order chi connectivity index (χ0) is 111. The summed E-state index contributed by atoms with van der Waals surface area (Å²) in [5.74, 6) is 5.94. The van der Waals surface area contributed by atoms with Crippen molar-refractivity contribution in [3.63, 3.8) is 0 Å². The van der Waals surface area contributed by atoms with Crippen LogP contribution in [-0.2, 0) is 32.3 Å². The normalized spacial score (nSPS) is 15.3. The minimum atomic E-state index is -3.45. The maximum atomic E-state index is 12.7. The minimum Gasteiger partial charge on any atom is -0.478 e. The van der Waals surface area contributed by atoms with Crippen molar-refractivity contribution in [3.8, 4) is 0 Å². The summed E-state index contributed by atoms with van der Waals surface area (Å²) in [4.78, 5) is 93.2. The molecule has 0 aliphatic carbocycles. The van der Waals surface area contributed by atoms with E-state index >= 15 is 0 Å². The largest absolute Gasteiger partial charge is 0.478 e. The number of morpholine rings is 1. The average Bonchev–Trinajstić information content (AvgIpc) is 1.23. The molecule has 9 aromatic rings. The molecule has 148 heavy (non-hydrogen) atoms. The lowest BCUT2D eigenvalue weighted by atomic mass is 9.75. The first kappa shape index (κ1) is 128. The van der Waals surface area contributed by atoms with Crippen molar-refractivity contribution >= 4 is 45.1 Å². The van der Waals surface area contributed by atoms with E-state index in [1.54, 1.807) is 60.4 Å². The van der Waals surface area contributed by atoms with E-state index in [2.05, 4.69) is 338 Å². The van der Waals surface area contributed by atoms with Crippen molar-refractivity contribution in [1.29, 1.82) is 0 Å². The number of ketones is 2. The number of nitrogens with zero attached hydrogens (tertiary/aromatic N) is 10. The molecule has 2 heterocycles. The number of hydrogen-bond acceptors (Lipinski definition) is 16. The number of carbonyl (C=O) groups is 6. The van der Waals surface area contributed by atoms with Crippen LogP contribution in [0.4, 0.5) is 0 Å². The summed E-state index contributed by atoms with van der Waals surface area (Å²) in [6.07, 6.45) is 3.37. The highest BCUT2D eigenvalue weighted by atomic mass is 32.2. The quantitative estimate of drug-likeness (QED) is 0.0360. The van der Waals surface area contributed by atoms with E-state index in [4.69, 9.17) is 9.84 Å². The van der Waals surface area contributed by atoms with E-state index < -0.39 is 15.8 Å². The number of rotatable bonds is 37. The molecule has 9 aromatic carbocycles. The zero-order valence-corrected chi connectivity index (χ0v) is 98.4. The molecule has 11 rings (SSSR count). The second-order valence-corrected chi connectivity index (χ2v) is 47.6. The van der Waals surface area contributed by atoms with Crippen molar-refractivity contribution in [3.05, 3.63) is 308 Å². The standard InChI is InChI=1S/C21H28N2O.C20H27NO2S.C19H30N2O2.C18H29NO.C17H26N2O.C17H27NO.C15H23NO2/c1-16(2)20(22(3)4)18-11-13-19(14-12-18)21(24)23(5)15-17-9-7-6-8-10-17;1-15(2)16(3)20(21(4)5)17-11-13-19(14-12-17)24(22,23)18-9-7-6-8-10-18;1-14(2)15(3)18(20(4)5)16-6-8-17(9-7-16)19(22)21-10-12-23-13-11-21;1-8-16(20)14-9-11-15(12-10-14)17(19(6)7)13(2)18(3,4)5;1-13(2)16(18(3)4)14-7-9-15(10-8-14)17(20)19-11-5-6-12-19;1-12(2)14(4)17(18(5)6)16-9-7-8-15(11-16)10-13(3)19;1-10(2)11(3)14(16(4)5)12-6-8-13(9-7-12)15(17)18/h6-14,16,20H,15H2,1-5H3;6-16,20H,1-5H3;6-9,14-15,18H,10-13H2,1-5H3;9-13,17H,8H2,1-7H3;7-10,13,16H,5-6,11-12H2,1-4H3;7-9,11-12,14,17H,10H2,1-6H3;6-11,14H,1-5H3,(H,17,18)/t20-;16-,20-;15-,18-;13-,17+;16-;14-,17-;11-,14-/m1010111/s1. The number of aromatic carboxylic acids is 1. The van der Waals surface area contributed by atoms with Crippen LogP contribution in [0.2, 0.25) is 0 Å². The topological polar surface area (TPSA) is 198 Å². The molecule has 0 unspecified atom stereocenters. The number of carboxylic acid groups (broad SMARTS) is 1. The van der Waals surface area contributed by atoms with Crippen molar-refractivity contribution in [1.82, 2.24) is 49.0 Å². The summed E-state index contributed by atoms with van der Waals surface area (Å²) in [6.45, 7) is 53.7. The Labute approximate surface area is 896 Å². The first-order chi connectivity index (χ1) is 69.4. The summed E-state index contributed by atoms with van der Waals surface area (Å²) < 4.78 is 30.7. The highest BCUT2D eigenvalue weighted by Gasteiger charge is 2.34. The Morgan fingerprint density at radius 3 is 0.959 bits per heavy atom. The number of ether oxygens (including phenoxy) is 1. The summed E-state index contributed by atoms with van der Waals surface area (Å²) in [5, 5.41) is 8.91. The van der Waals surface area contributed by atoms with Gasteiger partial charge in [0.1, 0.15) is 5.78 Å². The van der Waals surface area contributed by atoms with Crippen molar-refractivity contribution in [2.24, 2.45) is 70.5 Å². The molecule has 2 fully saturated rings. The van der Waals surface area contributed by atoms with E-state index in [0.29, 0.717) is 162 Å². The Hall–Kier alpha value is -10.2. The van der Waals surface area contributed by atoms with Gasteiger partial charge in [0.2, 0.25) is 9.84 Å². The molecule has 12 atom stereocenters. The number of Topliss-reactive ketones (excluding diaryl/α,β-unsaturated/α-hetero) is 2. The van der Waals surface area contributed by atoms with Gasteiger partial charge in [0.15, 0.2) is 5.78 Å². The fourth-order valence-electron chi connectivity index (χ4n) is 20.1. The molecular weight excluding hydrogens is 1860 g/mol. The van der Waals surface area contributed by atoms with Gasteiger partial charge >= 0.3 is 5.97 Å². The molecule has 20 nitrogen and oxygen atoms in total. The van der Waals surface area contributed by atoms with Crippen LogP contribution in [0.25, 0.3) is 0 Å². The van der Waals surface area contributed by atoms with Gasteiger partial charge in [-0.2, -0.15) is 0 Å². The fraction of sp³-hybridized carbons (Fsp3) is 0.528. The molecule has 2 aliphatic heterocycles. The molecule has 0 saturated carbocycles. The van der Waals surface area contributed by atoms with Gasteiger partial charge < -0.3 is 58.8 Å². The number of benzene rings is 9. The Morgan fingerprint density at radius 1 is 0.338 bits per heavy atom. The number of carboxylic acids is 1. The Kier molecular flexibility index (Phi) is 53.7. The molecule has 814 valence electrons. The number of sulfone groups is 1. The van der Waals surface area contributed by atoms with Crippen LogP contribution in [0.5, 0.6) is 0 Å². The van der Waals surface area contributed by atoms with Gasteiger partial charge in [-0.3, -0.25) is 24.0 Å². The van der Waals surface area contributed by atoms with Gasteiger partial charge in [-0.1, -0.05) is 303 Å². The summed E-state index contributed by atoms with van der Waals surface area (Å²) in [5.41, 5.74) is 14.7. The second kappa shape index (κ2) is 62.0. The summed E-state index contributed by atoms with van der Waals surface area (Å²) in [6, 6.07) is 76.6. The lowest BCUT2D eigenvalue weighted by molar-refractivity contribution is -0.116. The molecule has 0 radical (unpaired) electrons. The third-order valence-corrected chi connectivity index (χ3v) is 31.5. The Bertz CT molecular complexity index is 5500. The Morgan fingerprint density at radius 2 is 0.635 bits per heavy atom. The number of carbonyl (C=O) groups excluding carboxylic acids is 5. The maximum Gasteiger partial charge on any atom is 0.335 e. The number of hydrogen-bond donors (Lipinski definition) is 1. The van der Waals surface area contributed by atoms with Crippen LogP contribution in [-0.4, -0.2) is 243 Å². The third-order valence-electron chi connectivity index (χ3n) is 29.7. The summed E-state index contributed by atoms with van der Waals surface area (Å²) >= 11 is 0. The SMILES string of the molecule is CC(=O)Cc1cccc([C@@H]([C@H](C)C(C)C)N(C)C)c1.CC(C)[C@@H](C)[C@H](c1ccc(C(=O)N2CCOCC2)cc1)N(C)C.CC(C)[C@@H](C)[C@H](c1ccc(C(=O)O)cc1)N(C)C.CC(C)[C@H](C)[C@@H](c1ccc(S(=O)(=O)c2ccccc2)cc1)N(C)C.CC(C)[C@H](c1ccc(C(=O)N(C)Cc2ccccc2)cc1)N(C)C.CC(C)[C@H](c1ccc(C(=O)N2CCCC2)cc1)N(C)C.CCC(=O)c1ccc([C@@H]([C@H](C)C(C)(C)C)N(C)C)cc1. The highest BCUT2D eigenvalue weighted by molar-refractivity contribution is 7.91. The monoisotopic (exact) mass is 2050 g/mol. The van der Waals surface area contributed by atoms with Crippen LogP contribution in [0, 0.1) is 70.5 Å².